The summed E-state index contributed by atoms with van der Waals surface area (Å²) >= 11 is 0. The van der Waals surface area contributed by atoms with E-state index in [1.165, 1.54) is 6.42 Å². The molecule has 10 heavy (non-hydrogen) atoms. The third-order valence-corrected chi connectivity index (χ3v) is 1.86. The third kappa shape index (κ3) is 3.67. The van der Waals surface area contributed by atoms with Crippen molar-refractivity contribution >= 4 is 0 Å². The van der Waals surface area contributed by atoms with Gasteiger partial charge in [0.05, 0.1) is 0 Å². The normalized spacial score (nSPS) is 13.6. The smallest absolute Gasteiger partial charge is 0.00900 e. The highest BCUT2D eigenvalue weighted by Crippen LogP contribution is 2.07. The standard InChI is InChI=1S/C9H19N/c1-5-6-7-9(10-4)8(2)3/h5,8-10H,1,6-7H2,2-4H3. The molecule has 0 aliphatic rings. The van der Waals surface area contributed by atoms with Crippen LogP contribution in [0.25, 0.3) is 0 Å². The second kappa shape index (κ2) is 5.48. The summed E-state index contributed by atoms with van der Waals surface area (Å²) in [6.07, 6.45) is 4.30. The summed E-state index contributed by atoms with van der Waals surface area (Å²) < 4.78 is 0. The molecule has 1 nitrogen and oxygen atoms in total. The highest BCUT2D eigenvalue weighted by atomic mass is 14.9. The second-order valence-corrected chi connectivity index (χ2v) is 3.01. The molecular weight excluding hydrogens is 122 g/mol. The van der Waals surface area contributed by atoms with Gasteiger partial charge in [-0.05, 0) is 25.8 Å². The van der Waals surface area contributed by atoms with Gasteiger partial charge in [0.15, 0.2) is 0 Å². The third-order valence-electron chi connectivity index (χ3n) is 1.86. The fraction of sp³-hybridized carbons (Fsp3) is 0.778. The lowest BCUT2D eigenvalue weighted by molar-refractivity contribution is 0.405. The first-order chi connectivity index (χ1) is 4.72. The minimum absolute atomic E-state index is 0.651. The fourth-order valence-electron chi connectivity index (χ4n) is 1.11. The van der Waals surface area contributed by atoms with Gasteiger partial charge in [-0.3, -0.25) is 0 Å². The highest BCUT2D eigenvalue weighted by molar-refractivity contribution is 4.74. The quantitative estimate of drug-likeness (QED) is 0.579. The van der Waals surface area contributed by atoms with Gasteiger partial charge in [0.25, 0.3) is 0 Å². The molecular formula is C9H19N. The van der Waals surface area contributed by atoms with Gasteiger partial charge in [-0.1, -0.05) is 19.9 Å². The Bertz CT molecular complexity index is 86.7. The van der Waals surface area contributed by atoms with Crippen molar-refractivity contribution in [3.05, 3.63) is 12.7 Å². The van der Waals surface area contributed by atoms with Crippen LogP contribution in [0.15, 0.2) is 12.7 Å². The molecule has 0 radical (unpaired) electrons. The molecule has 0 aromatic carbocycles. The van der Waals surface area contributed by atoms with Crippen LogP contribution < -0.4 is 5.32 Å². The Kier molecular flexibility index (Phi) is 5.32. The van der Waals surface area contributed by atoms with E-state index >= 15 is 0 Å². The SMILES string of the molecule is C=CCCC(NC)C(C)C. The van der Waals surface area contributed by atoms with Crippen LogP contribution in [0.2, 0.25) is 0 Å². The summed E-state index contributed by atoms with van der Waals surface area (Å²) in [4.78, 5) is 0. The van der Waals surface area contributed by atoms with Crippen LogP contribution in [0.1, 0.15) is 26.7 Å². The molecule has 0 aromatic heterocycles. The number of hydrogen-bond donors (Lipinski definition) is 1. The van der Waals surface area contributed by atoms with Crippen LogP contribution in [-0.2, 0) is 0 Å². The maximum atomic E-state index is 3.70. The van der Waals surface area contributed by atoms with Crippen LogP contribution in [0.3, 0.4) is 0 Å². The van der Waals surface area contributed by atoms with Gasteiger partial charge in [0, 0.05) is 6.04 Å². The first kappa shape index (κ1) is 9.70. The summed E-state index contributed by atoms with van der Waals surface area (Å²) in [5, 5.41) is 3.29. The molecule has 1 N–H and O–H groups in total. The predicted octanol–water partition coefficient (Wildman–Crippen LogP) is 2.20. The van der Waals surface area contributed by atoms with E-state index in [1.54, 1.807) is 0 Å². The first-order valence-corrected chi connectivity index (χ1v) is 4.00. The van der Waals surface area contributed by atoms with E-state index in [-0.39, 0.29) is 0 Å². The van der Waals surface area contributed by atoms with E-state index < -0.39 is 0 Å². The van der Waals surface area contributed by atoms with Crippen LogP contribution in [0.5, 0.6) is 0 Å². The lowest BCUT2D eigenvalue weighted by Crippen LogP contribution is -2.30. The number of allylic oxidation sites excluding steroid dienone is 1. The topological polar surface area (TPSA) is 12.0 Å². The molecule has 0 aliphatic heterocycles. The summed E-state index contributed by atoms with van der Waals surface area (Å²) in [6, 6.07) is 0.651. The molecule has 0 bridgehead atoms. The molecule has 0 spiro atoms. The summed E-state index contributed by atoms with van der Waals surface area (Å²) in [5.74, 6) is 0.727. The predicted molar refractivity (Wildman–Crippen MR) is 47.1 cm³/mol. The Labute approximate surface area is 64.5 Å². The maximum absolute atomic E-state index is 3.70. The van der Waals surface area contributed by atoms with Crippen LogP contribution in [-0.4, -0.2) is 13.1 Å². The number of rotatable bonds is 5. The van der Waals surface area contributed by atoms with Crippen molar-refractivity contribution in [3.63, 3.8) is 0 Å². The zero-order valence-electron chi connectivity index (χ0n) is 7.35. The van der Waals surface area contributed by atoms with Crippen molar-refractivity contribution < 1.29 is 0 Å². The zero-order valence-corrected chi connectivity index (χ0v) is 7.35. The molecule has 0 amide bonds. The average molecular weight is 141 g/mol. The van der Waals surface area contributed by atoms with Gasteiger partial charge in [-0.25, -0.2) is 0 Å². The van der Waals surface area contributed by atoms with Crippen LogP contribution in [0, 0.1) is 5.92 Å². The molecule has 0 saturated heterocycles. The monoisotopic (exact) mass is 141 g/mol. The van der Waals surface area contributed by atoms with E-state index in [9.17, 15) is 0 Å². The summed E-state index contributed by atoms with van der Waals surface area (Å²) in [5.41, 5.74) is 0. The molecule has 0 saturated carbocycles. The minimum atomic E-state index is 0.651. The van der Waals surface area contributed by atoms with Crippen molar-refractivity contribution in [2.75, 3.05) is 7.05 Å². The molecule has 60 valence electrons. The van der Waals surface area contributed by atoms with Crippen molar-refractivity contribution in [1.82, 2.24) is 5.32 Å². The minimum Gasteiger partial charge on any atom is -0.317 e. The van der Waals surface area contributed by atoms with E-state index in [4.69, 9.17) is 0 Å². The van der Waals surface area contributed by atoms with Crippen molar-refractivity contribution in [3.8, 4) is 0 Å². The number of nitrogens with one attached hydrogen (secondary N) is 1. The van der Waals surface area contributed by atoms with Gasteiger partial charge in [0.2, 0.25) is 0 Å². The Hall–Kier alpha value is -0.300. The molecule has 0 fully saturated rings. The lowest BCUT2D eigenvalue weighted by Gasteiger charge is -2.18. The van der Waals surface area contributed by atoms with Gasteiger partial charge >= 0.3 is 0 Å². The van der Waals surface area contributed by atoms with Crippen molar-refractivity contribution in [1.29, 1.82) is 0 Å². The van der Waals surface area contributed by atoms with Crippen molar-refractivity contribution in [2.45, 2.75) is 32.7 Å². The Morgan fingerprint density at radius 3 is 2.40 bits per heavy atom. The van der Waals surface area contributed by atoms with Gasteiger partial charge in [0.1, 0.15) is 0 Å². The molecule has 0 heterocycles. The van der Waals surface area contributed by atoms with Gasteiger partial charge in [-0.2, -0.15) is 0 Å². The largest absolute Gasteiger partial charge is 0.317 e. The second-order valence-electron chi connectivity index (χ2n) is 3.01. The fourth-order valence-corrected chi connectivity index (χ4v) is 1.11. The van der Waals surface area contributed by atoms with Gasteiger partial charge in [-0.15, -0.1) is 6.58 Å². The molecule has 1 unspecified atom stereocenters. The summed E-state index contributed by atoms with van der Waals surface area (Å²) in [6.45, 7) is 8.18. The Balaban J connectivity index is 3.49. The molecule has 1 atom stereocenters. The molecule has 1 heteroatoms. The first-order valence-electron chi connectivity index (χ1n) is 4.00. The van der Waals surface area contributed by atoms with E-state index in [1.807, 2.05) is 13.1 Å². The highest BCUT2D eigenvalue weighted by Gasteiger charge is 2.07. The Morgan fingerprint density at radius 1 is 1.50 bits per heavy atom. The Morgan fingerprint density at radius 2 is 2.10 bits per heavy atom. The summed E-state index contributed by atoms with van der Waals surface area (Å²) in [7, 11) is 2.02. The van der Waals surface area contributed by atoms with Crippen LogP contribution >= 0.6 is 0 Å². The van der Waals surface area contributed by atoms with E-state index in [2.05, 4.69) is 25.7 Å². The maximum Gasteiger partial charge on any atom is 0.00900 e. The van der Waals surface area contributed by atoms with E-state index in [0.717, 1.165) is 12.3 Å². The van der Waals surface area contributed by atoms with Crippen LogP contribution in [0.4, 0.5) is 0 Å². The molecule has 0 aromatic rings. The average Bonchev–Trinajstić information content (AvgIpc) is 1.89. The lowest BCUT2D eigenvalue weighted by atomic mass is 10.00. The van der Waals surface area contributed by atoms with Crippen molar-refractivity contribution in [2.24, 2.45) is 5.92 Å². The van der Waals surface area contributed by atoms with E-state index in [0.29, 0.717) is 6.04 Å². The number of hydrogen-bond acceptors (Lipinski definition) is 1. The zero-order chi connectivity index (χ0) is 7.98. The van der Waals surface area contributed by atoms with Gasteiger partial charge < -0.3 is 5.32 Å². The molecule has 0 aliphatic carbocycles. The molecule has 0 rings (SSSR count).